The van der Waals surface area contributed by atoms with Gasteiger partial charge in [0.05, 0.1) is 12.0 Å². The van der Waals surface area contributed by atoms with Crippen LogP contribution in [0.2, 0.25) is 0 Å². The second-order valence-electron chi connectivity index (χ2n) is 5.12. The largest absolute Gasteiger partial charge is 0.490 e. The molecule has 1 heterocycles. The van der Waals surface area contributed by atoms with Crippen molar-refractivity contribution in [3.8, 4) is 17.1 Å². The molecule has 0 bridgehead atoms. The predicted octanol–water partition coefficient (Wildman–Crippen LogP) is 3.04. The number of hydrogen-bond donors (Lipinski definition) is 1. The first-order chi connectivity index (χ1) is 9.93. The van der Waals surface area contributed by atoms with Crippen LogP contribution in [0.25, 0.3) is 11.3 Å². The topological polar surface area (TPSA) is 104 Å². The molecule has 1 aromatic carbocycles. The van der Waals surface area contributed by atoms with Crippen molar-refractivity contribution in [2.45, 2.75) is 20.3 Å². The Kier molecular flexibility index (Phi) is 4.11. The second kappa shape index (κ2) is 5.82. The molecule has 0 atom stereocenters. The van der Waals surface area contributed by atoms with Gasteiger partial charge in [0, 0.05) is 17.2 Å². The molecule has 0 saturated carbocycles. The Labute approximate surface area is 121 Å². The van der Waals surface area contributed by atoms with Crippen LogP contribution in [-0.4, -0.2) is 17.2 Å². The zero-order chi connectivity index (χ0) is 15.6. The average molecular weight is 291 g/mol. The monoisotopic (exact) mass is 291 g/mol. The molecule has 0 aliphatic heterocycles. The molecule has 0 aliphatic carbocycles. The van der Waals surface area contributed by atoms with Crippen LogP contribution >= 0.6 is 0 Å². The summed E-state index contributed by atoms with van der Waals surface area (Å²) in [6, 6.07) is 4.63. The molecule has 0 aliphatic rings. The van der Waals surface area contributed by atoms with E-state index >= 15 is 0 Å². The maximum atomic E-state index is 11.1. The van der Waals surface area contributed by atoms with Gasteiger partial charge >= 0.3 is 5.69 Å². The highest BCUT2D eigenvalue weighted by Crippen LogP contribution is 2.35. The van der Waals surface area contributed by atoms with E-state index in [4.69, 9.17) is 15.0 Å². The lowest BCUT2D eigenvalue weighted by Crippen LogP contribution is -1.99. The van der Waals surface area contributed by atoms with Gasteiger partial charge < -0.3 is 15.0 Å². The van der Waals surface area contributed by atoms with Crippen LogP contribution in [0.1, 0.15) is 19.4 Å². The number of aromatic nitrogens is 1. The fraction of sp³-hybridized carbons (Fsp3) is 0.357. The summed E-state index contributed by atoms with van der Waals surface area (Å²) in [4.78, 5) is 10.6. The summed E-state index contributed by atoms with van der Waals surface area (Å²) >= 11 is 0. The summed E-state index contributed by atoms with van der Waals surface area (Å²) in [7, 11) is 1.39. The molecular weight excluding hydrogens is 274 g/mol. The van der Waals surface area contributed by atoms with Crippen LogP contribution in [-0.2, 0) is 6.42 Å². The average Bonchev–Trinajstić information content (AvgIpc) is 2.79. The van der Waals surface area contributed by atoms with Crippen LogP contribution in [0.15, 0.2) is 22.7 Å². The number of nitrogens with two attached hydrogens (primary N) is 1. The molecule has 1 aromatic heterocycles. The molecule has 0 fully saturated rings. The Balaban J connectivity index is 2.52. The number of hydrogen-bond acceptors (Lipinski definition) is 6. The van der Waals surface area contributed by atoms with E-state index in [1.165, 1.54) is 19.2 Å². The number of methoxy groups -OCH3 is 1. The Morgan fingerprint density at radius 2 is 2.19 bits per heavy atom. The molecule has 2 aromatic rings. The summed E-state index contributed by atoms with van der Waals surface area (Å²) in [6.07, 6.45) is 0.685. The molecule has 2 rings (SSSR count). The first-order valence-corrected chi connectivity index (χ1v) is 6.50. The lowest BCUT2D eigenvalue weighted by molar-refractivity contribution is -0.385. The highest BCUT2D eigenvalue weighted by atomic mass is 16.6. The van der Waals surface area contributed by atoms with Gasteiger partial charge in [-0.2, -0.15) is 0 Å². The van der Waals surface area contributed by atoms with Crippen molar-refractivity contribution in [3.63, 3.8) is 0 Å². The molecule has 7 heteroatoms. The number of nitrogens with zero attached hydrogens (tertiary/aromatic N) is 2. The van der Waals surface area contributed by atoms with Crippen molar-refractivity contribution in [2.24, 2.45) is 5.92 Å². The van der Waals surface area contributed by atoms with Crippen molar-refractivity contribution < 1.29 is 14.2 Å². The van der Waals surface area contributed by atoms with Gasteiger partial charge in [0.1, 0.15) is 0 Å². The van der Waals surface area contributed by atoms with Gasteiger partial charge in [-0.3, -0.25) is 10.1 Å². The Hall–Kier alpha value is -2.57. The number of nitrogen functional groups attached to an aromatic ring is 1. The summed E-state index contributed by atoms with van der Waals surface area (Å²) in [5.41, 5.74) is 7.02. The van der Waals surface area contributed by atoms with Gasteiger partial charge in [-0.05, 0) is 24.5 Å². The fourth-order valence-corrected chi connectivity index (χ4v) is 2.13. The van der Waals surface area contributed by atoms with Gasteiger partial charge in [0.25, 0.3) is 0 Å². The molecule has 2 N–H and O–H groups in total. The van der Waals surface area contributed by atoms with E-state index in [-0.39, 0.29) is 11.4 Å². The second-order valence-corrected chi connectivity index (χ2v) is 5.12. The number of benzene rings is 1. The van der Waals surface area contributed by atoms with Gasteiger partial charge in [0.2, 0.25) is 0 Å². The maximum absolute atomic E-state index is 11.1. The zero-order valence-electron chi connectivity index (χ0n) is 12.1. The highest BCUT2D eigenvalue weighted by Gasteiger charge is 2.21. The van der Waals surface area contributed by atoms with Gasteiger partial charge in [0.15, 0.2) is 17.3 Å². The summed E-state index contributed by atoms with van der Waals surface area (Å²) in [6.45, 7) is 4.10. The van der Waals surface area contributed by atoms with E-state index < -0.39 is 4.92 Å². The first-order valence-electron chi connectivity index (χ1n) is 6.50. The quantitative estimate of drug-likeness (QED) is 0.670. The van der Waals surface area contributed by atoms with E-state index in [0.29, 0.717) is 29.5 Å². The lowest BCUT2D eigenvalue weighted by Gasteiger charge is -2.06. The number of nitro groups is 1. The molecular formula is C14H17N3O4. The van der Waals surface area contributed by atoms with E-state index in [1.54, 1.807) is 6.07 Å². The number of nitro benzene ring substituents is 1. The highest BCUT2D eigenvalue weighted by molar-refractivity contribution is 5.70. The van der Waals surface area contributed by atoms with Crippen LogP contribution < -0.4 is 10.5 Å². The SMILES string of the molecule is COc1ccc(-c2onc(N)c2CC(C)C)cc1[N+](=O)[O-]. The van der Waals surface area contributed by atoms with Crippen molar-refractivity contribution in [2.75, 3.05) is 12.8 Å². The number of rotatable bonds is 5. The fourth-order valence-electron chi connectivity index (χ4n) is 2.13. The maximum Gasteiger partial charge on any atom is 0.311 e. The Bertz CT molecular complexity index is 664. The molecule has 7 nitrogen and oxygen atoms in total. The third-order valence-corrected chi connectivity index (χ3v) is 3.07. The predicted molar refractivity (Wildman–Crippen MR) is 78.1 cm³/mol. The molecule has 0 unspecified atom stereocenters. The number of anilines is 1. The van der Waals surface area contributed by atoms with E-state index in [9.17, 15) is 10.1 Å². The van der Waals surface area contributed by atoms with Crippen molar-refractivity contribution in [1.29, 1.82) is 0 Å². The van der Waals surface area contributed by atoms with Crippen LogP contribution in [0, 0.1) is 16.0 Å². The van der Waals surface area contributed by atoms with Crippen LogP contribution in [0.3, 0.4) is 0 Å². The molecule has 0 spiro atoms. The molecule has 21 heavy (non-hydrogen) atoms. The summed E-state index contributed by atoms with van der Waals surface area (Å²) in [5, 5.41) is 14.9. The lowest BCUT2D eigenvalue weighted by atomic mass is 9.99. The van der Waals surface area contributed by atoms with Crippen molar-refractivity contribution >= 4 is 11.5 Å². The van der Waals surface area contributed by atoms with E-state index in [2.05, 4.69) is 5.16 Å². The molecule has 0 amide bonds. The number of ether oxygens (including phenoxy) is 1. The van der Waals surface area contributed by atoms with Crippen LogP contribution in [0.4, 0.5) is 11.5 Å². The molecule has 0 saturated heterocycles. The van der Waals surface area contributed by atoms with Gasteiger partial charge in [-0.25, -0.2) is 0 Å². The summed E-state index contributed by atoms with van der Waals surface area (Å²) < 4.78 is 10.2. The van der Waals surface area contributed by atoms with Crippen molar-refractivity contribution in [1.82, 2.24) is 5.16 Å². The zero-order valence-corrected chi connectivity index (χ0v) is 12.1. The van der Waals surface area contributed by atoms with E-state index in [0.717, 1.165) is 5.56 Å². The van der Waals surface area contributed by atoms with Gasteiger partial charge in [-0.15, -0.1) is 0 Å². The summed E-state index contributed by atoms with van der Waals surface area (Å²) in [5.74, 6) is 1.34. The third-order valence-electron chi connectivity index (χ3n) is 3.07. The minimum atomic E-state index is -0.496. The third kappa shape index (κ3) is 2.96. The van der Waals surface area contributed by atoms with Crippen molar-refractivity contribution in [3.05, 3.63) is 33.9 Å². The van der Waals surface area contributed by atoms with Crippen LogP contribution in [0.5, 0.6) is 5.75 Å². The minimum absolute atomic E-state index is 0.125. The molecule has 112 valence electrons. The Morgan fingerprint density at radius 3 is 2.76 bits per heavy atom. The first kappa shape index (κ1) is 14.8. The van der Waals surface area contributed by atoms with Gasteiger partial charge in [-0.1, -0.05) is 19.0 Å². The minimum Gasteiger partial charge on any atom is -0.490 e. The molecule has 0 radical (unpaired) electrons. The van der Waals surface area contributed by atoms with E-state index in [1.807, 2.05) is 13.8 Å². The smallest absolute Gasteiger partial charge is 0.311 e. The Morgan fingerprint density at radius 1 is 1.48 bits per heavy atom. The standard InChI is InChI=1S/C14H17N3O4/c1-8(2)6-10-13(21-16-14(10)15)9-4-5-12(20-3)11(7-9)17(18)19/h4-5,7-8H,6H2,1-3H3,(H2,15,16). The normalized spacial score (nSPS) is 10.9.